The molecule has 0 aromatic heterocycles. The van der Waals surface area contributed by atoms with Crippen LogP contribution in [0.2, 0.25) is 0 Å². The first-order chi connectivity index (χ1) is 15.4. The maximum absolute atomic E-state index is 14.3. The predicted molar refractivity (Wildman–Crippen MR) is 118 cm³/mol. The third-order valence-corrected chi connectivity index (χ3v) is 5.74. The summed E-state index contributed by atoms with van der Waals surface area (Å²) >= 11 is 0. The number of nitrogens with one attached hydrogen (secondary N) is 1. The molecule has 166 valence electrons. The number of halogens is 1. The van der Waals surface area contributed by atoms with Crippen molar-refractivity contribution < 1.29 is 28.9 Å². The maximum Gasteiger partial charge on any atom is 0.309 e. The van der Waals surface area contributed by atoms with Gasteiger partial charge in [-0.1, -0.05) is 30.3 Å². The highest BCUT2D eigenvalue weighted by Gasteiger charge is 2.26. The van der Waals surface area contributed by atoms with Crippen LogP contribution in [0.3, 0.4) is 0 Å². The molecule has 3 aromatic rings. The number of benzene rings is 3. The van der Waals surface area contributed by atoms with Crippen molar-refractivity contribution in [3.8, 4) is 22.6 Å². The molecule has 7 heteroatoms. The van der Waals surface area contributed by atoms with E-state index in [0.717, 1.165) is 11.1 Å². The normalized spacial score (nSPS) is 16.8. The first kappa shape index (κ1) is 21.6. The molecule has 0 amide bonds. The molecular weight excluding hydrogens is 413 g/mol. The summed E-state index contributed by atoms with van der Waals surface area (Å²) in [7, 11) is 1.54. The molecule has 3 N–H and O–H groups in total. The first-order valence-corrected chi connectivity index (χ1v) is 10.3. The fraction of sp³-hybridized carbons (Fsp3) is 0.240. The van der Waals surface area contributed by atoms with Gasteiger partial charge in [-0.2, -0.15) is 0 Å². The number of carbonyl (C=O) groups is 1. The molecule has 1 unspecified atom stereocenters. The Morgan fingerprint density at radius 1 is 1.16 bits per heavy atom. The minimum absolute atomic E-state index is 0.156. The summed E-state index contributed by atoms with van der Waals surface area (Å²) in [6.07, 6.45) is -1.13. The Morgan fingerprint density at radius 2 is 1.91 bits per heavy atom. The van der Waals surface area contributed by atoms with Gasteiger partial charge in [0.1, 0.15) is 23.9 Å². The third kappa shape index (κ3) is 4.24. The van der Waals surface area contributed by atoms with Crippen molar-refractivity contribution in [1.29, 1.82) is 0 Å². The lowest BCUT2D eigenvalue weighted by atomic mass is 9.96. The Bertz CT molecular complexity index is 1130. The zero-order valence-electron chi connectivity index (χ0n) is 17.7. The molecule has 0 fully saturated rings. The first-order valence-electron chi connectivity index (χ1n) is 10.3. The van der Waals surface area contributed by atoms with Gasteiger partial charge in [0, 0.05) is 5.56 Å². The molecule has 4 rings (SSSR count). The highest BCUT2D eigenvalue weighted by Crippen LogP contribution is 2.37. The molecule has 6 nitrogen and oxygen atoms in total. The van der Waals surface area contributed by atoms with Gasteiger partial charge in [0.2, 0.25) is 0 Å². The van der Waals surface area contributed by atoms with Crippen molar-refractivity contribution in [3.05, 3.63) is 77.6 Å². The number of hydrogen-bond donors (Lipinski definition) is 3. The van der Waals surface area contributed by atoms with Gasteiger partial charge in [0.05, 0.1) is 30.9 Å². The molecule has 1 aliphatic heterocycles. The smallest absolute Gasteiger partial charge is 0.309 e. The van der Waals surface area contributed by atoms with Crippen LogP contribution < -0.4 is 14.8 Å². The quantitative estimate of drug-likeness (QED) is 0.513. The molecule has 0 saturated carbocycles. The van der Waals surface area contributed by atoms with E-state index in [1.54, 1.807) is 37.4 Å². The second-order valence-corrected chi connectivity index (χ2v) is 7.80. The molecule has 3 atom stereocenters. The zero-order valence-corrected chi connectivity index (χ0v) is 17.7. The lowest BCUT2D eigenvalue weighted by molar-refractivity contribution is -0.145. The van der Waals surface area contributed by atoms with Crippen LogP contribution in [-0.2, 0) is 4.79 Å². The fourth-order valence-electron chi connectivity index (χ4n) is 3.72. The summed E-state index contributed by atoms with van der Waals surface area (Å²) in [5, 5.41) is 22.9. The largest absolute Gasteiger partial charge is 0.497 e. The van der Waals surface area contributed by atoms with Gasteiger partial charge >= 0.3 is 5.97 Å². The molecule has 0 aliphatic carbocycles. The van der Waals surface area contributed by atoms with Crippen molar-refractivity contribution in [2.75, 3.05) is 19.0 Å². The summed E-state index contributed by atoms with van der Waals surface area (Å²) in [6, 6.07) is 17.1. The lowest BCUT2D eigenvalue weighted by Gasteiger charge is -2.29. The Morgan fingerprint density at radius 3 is 2.59 bits per heavy atom. The molecule has 0 radical (unpaired) electrons. The van der Waals surface area contributed by atoms with Gasteiger partial charge < -0.3 is 25.0 Å². The van der Waals surface area contributed by atoms with Crippen LogP contribution in [0.25, 0.3) is 11.1 Å². The number of carboxylic acids is 1. The Hall–Kier alpha value is -3.58. The number of carboxylic acid groups (broad SMARTS) is 1. The maximum atomic E-state index is 14.3. The molecule has 0 saturated heterocycles. The monoisotopic (exact) mass is 437 g/mol. The summed E-state index contributed by atoms with van der Waals surface area (Å²) < 4.78 is 25.3. The SMILES string of the molecule is COc1ccc(F)c(-c2ccc(C3COc4ccc([C@H](O)[C@H](C)C(=O)O)cc4N3)cc2)c1. The fourth-order valence-corrected chi connectivity index (χ4v) is 3.72. The number of methoxy groups -OCH3 is 1. The van der Waals surface area contributed by atoms with E-state index in [1.807, 2.05) is 24.3 Å². The second-order valence-electron chi connectivity index (χ2n) is 7.80. The van der Waals surface area contributed by atoms with Gasteiger partial charge in [0.15, 0.2) is 0 Å². The van der Waals surface area contributed by atoms with Crippen LogP contribution in [0.1, 0.15) is 30.2 Å². The number of anilines is 1. The van der Waals surface area contributed by atoms with Crippen LogP contribution in [0.4, 0.5) is 10.1 Å². The number of ether oxygens (including phenoxy) is 2. The summed E-state index contributed by atoms with van der Waals surface area (Å²) in [4.78, 5) is 11.2. The highest BCUT2D eigenvalue weighted by atomic mass is 19.1. The van der Waals surface area contributed by atoms with Gasteiger partial charge in [0.25, 0.3) is 0 Å². The van der Waals surface area contributed by atoms with Crippen molar-refractivity contribution in [1.82, 2.24) is 0 Å². The average Bonchev–Trinajstić information content (AvgIpc) is 2.82. The van der Waals surface area contributed by atoms with E-state index in [9.17, 15) is 14.3 Å². The van der Waals surface area contributed by atoms with Gasteiger partial charge in [-0.3, -0.25) is 4.79 Å². The van der Waals surface area contributed by atoms with E-state index in [4.69, 9.17) is 14.6 Å². The van der Waals surface area contributed by atoms with Crippen LogP contribution in [0.15, 0.2) is 60.7 Å². The predicted octanol–water partition coefficient (Wildman–Crippen LogP) is 4.80. The number of aliphatic carboxylic acids is 1. The molecule has 32 heavy (non-hydrogen) atoms. The van der Waals surface area contributed by atoms with E-state index in [0.29, 0.717) is 34.9 Å². The lowest BCUT2D eigenvalue weighted by Crippen LogP contribution is -2.24. The van der Waals surface area contributed by atoms with Crippen molar-refractivity contribution >= 4 is 11.7 Å². The Balaban J connectivity index is 1.55. The summed E-state index contributed by atoms with van der Waals surface area (Å²) in [5.41, 5.74) is 3.32. The van der Waals surface area contributed by atoms with Crippen LogP contribution in [0, 0.1) is 11.7 Å². The molecular formula is C25H24FNO5. The van der Waals surface area contributed by atoms with E-state index >= 15 is 0 Å². The Kier molecular flexibility index (Phi) is 6.01. The van der Waals surface area contributed by atoms with Gasteiger partial charge in [-0.25, -0.2) is 4.39 Å². The minimum atomic E-state index is -1.13. The topological polar surface area (TPSA) is 88.0 Å². The standard InChI is InChI=1S/C25H24FNO5/c1-14(25(29)30)24(28)17-7-10-23-21(11-17)27-22(13-32-23)16-5-3-15(4-6-16)19-12-18(31-2)8-9-20(19)26/h3-12,14,22,24,27-28H,13H2,1-2H3,(H,29,30)/t14-,22?,24+/m0/s1. The van der Waals surface area contributed by atoms with Crippen molar-refractivity contribution in [3.63, 3.8) is 0 Å². The number of rotatable bonds is 6. The number of hydrogen-bond acceptors (Lipinski definition) is 5. The zero-order chi connectivity index (χ0) is 22.8. The van der Waals surface area contributed by atoms with Gasteiger partial charge in [-0.15, -0.1) is 0 Å². The number of fused-ring (bicyclic) bond motifs is 1. The van der Waals surface area contributed by atoms with Crippen molar-refractivity contribution in [2.45, 2.75) is 19.1 Å². The third-order valence-electron chi connectivity index (χ3n) is 5.74. The molecule has 1 aliphatic rings. The van der Waals surface area contributed by atoms with E-state index in [1.165, 1.54) is 13.0 Å². The second kappa shape index (κ2) is 8.88. The van der Waals surface area contributed by atoms with E-state index in [2.05, 4.69) is 5.32 Å². The molecule has 0 spiro atoms. The molecule has 3 aromatic carbocycles. The highest BCUT2D eigenvalue weighted by molar-refractivity contribution is 5.71. The van der Waals surface area contributed by atoms with E-state index in [-0.39, 0.29) is 11.9 Å². The van der Waals surface area contributed by atoms with Crippen LogP contribution in [-0.4, -0.2) is 29.9 Å². The number of aliphatic hydroxyl groups excluding tert-OH is 1. The molecule has 1 heterocycles. The average molecular weight is 437 g/mol. The molecule has 0 bridgehead atoms. The minimum Gasteiger partial charge on any atom is -0.497 e. The van der Waals surface area contributed by atoms with Crippen molar-refractivity contribution in [2.24, 2.45) is 5.92 Å². The summed E-state index contributed by atoms with van der Waals surface area (Å²) in [5.74, 6) is -1.11. The van der Waals surface area contributed by atoms with Crippen LogP contribution >= 0.6 is 0 Å². The van der Waals surface area contributed by atoms with Crippen LogP contribution in [0.5, 0.6) is 11.5 Å². The number of aliphatic hydroxyl groups is 1. The van der Waals surface area contributed by atoms with Gasteiger partial charge in [-0.05, 0) is 53.9 Å². The summed E-state index contributed by atoms with van der Waals surface area (Å²) in [6.45, 7) is 1.86. The van der Waals surface area contributed by atoms with E-state index < -0.39 is 18.0 Å². The Labute approximate surface area is 185 Å².